The third-order valence-electron chi connectivity index (χ3n) is 6.06. The monoisotopic (exact) mass is 516 g/mol. The molecule has 0 atom stereocenters. The van der Waals surface area contributed by atoms with Crippen molar-refractivity contribution < 1.29 is 28.1 Å². The Labute approximate surface area is 220 Å². The number of halogens is 1. The number of aromatic nitrogens is 1. The molecule has 196 valence electrons. The summed E-state index contributed by atoms with van der Waals surface area (Å²) in [6.45, 7) is 0. The largest absolute Gasteiger partial charge is 0.493 e. The number of benzene rings is 3. The van der Waals surface area contributed by atoms with E-state index in [2.05, 4.69) is 5.32 Å². The Morgan fingerprint density at radius 3 is 2.13 bits per heavy atom. The number of anilines is 1. The molecule has 0 amide bonds. The Morgan fingerprint density at radius 1 is 0.868 bits per heavy atom. The number of nitrogens with zero attached hydrogens (tertiary/aromatic N) is 1. The average Bonchev–Trinajstić information content (AvgIpc) is 3.27. The molecule has 0 saturated heterocycles. The van der Waals surface area contributed by atoms with Crippen molar-refractivity contribution in [2.24, 2.45) is 7.05 Å². The zero-order valence-electron chi connectivity index (χ0n) is 21.9. The maximum Gasteiger partial charge on any atom is 0.203 e. The molecule has 0 spiro atoms. The van der Waals surface area contributed by atoms with Crippen LogP contribution in [0.2, 0.25) is 0 Å². The summed E-state index contributed by atoms with van der Waals surface area (Å²) in [5.74, 6) is 0.825. The van der Waals surface area contributed by atoms with E-state index in [1.807, 2.05) is 35.9 Å². The average molecular weight is 517 g/mol. The smallest absolute Gasteiger partial charge is 0.203 e. The van der Waals surface area contributed by atoms with Gasteiger partial charge in [-0.1, -0.05) is 30.4 Å². The number of hydrogen-bond acceptors (Lipinski definition) is 6. The van der Waals surface area contributed by atoms with Crippen LogP contribution in [0, 0.1) is 5.82 Å². The second kappa shape index (κ2) is 11.6. The normalized spacial score (nSPS) is 11.3. The van der Waals surface area contributed by atoms with Crippen LogP contribution >= 0.6 is 0 Å². The molecular formula is C30H29FN2O5. The highest BCUT2D eigenvalue weighted by atomic mass is 19.1. The molecule has 8 heteroatoms. The number of methoxy groups -OCH3 is 4. The Kier molecular flexibility index (Phi) is 8.01. The minimum Gasteiger partial charge on any atom is -0.493 e. The molecule has 0 fully saturated rings. The minimum atomic E-state index is -0.546. The molecule has 0 saturated carbocycles. The molecule has 3 aromatic carbocycles. The van der Waals surface area contributed by atoms with E-state index in [1.54, 1.807) is 50.8 Å². The molecule has 1 heterocycles. The summed E-state index contributed by atoms with van der Waals surface area (Å²) in [5.41, 5.74) is 3.27. The number of para-hydroxylation sites is 1. The first-order chi connectivity index (χ1) is 18.4. The first kappa shape index (κ1) is 26.3. The van der Waals surface area contributed by atoms with Gasteiger partial charge in [-0.2, -0.15) is 0 Å². The molecule has 1 aromatic heterocycles. The lowest BCUT2D eigenvalue weighted by Gasteiger charge is -2.13. The van der Waals surface area contributed by atoms with E-state index in [4.69, 9.17) is 18.9 Å². The molecule has 0 unspecified atom stereocenters. The van der Waals surface area contributed by atoms with Gasteiger partial charge >= 0.3 is 0 Å². The van der Waals surface area contributed by atoms with E-state index in [0.717, 1.165) is 16.5 Å². The summed E-state index contributed by atoms with van der Waals surface area (Å²) in [7, 11) is 7.90. The van der Waals surface area contributed by atoms with Crippen molar-refractivity contribution >= 4 is 34.5 Å². The summed E-state index contributed by atoms with van der Waals surface area (Å²) >= 11 is 0. The van der Waals surface area contributed by atoms with Gasteiger partial charge in [-0.15, -0.1) is 0 Å². The Balaban J connectivity index is 1.58. The maximum absolute atomic E-state index is 14.9. The van der Waals surface area contributed by atoms with Gasteiger partial charge in [0.2, 0.25) is 5.75 Å². The van der Waals surface area contributed by atoms with Crippen molar-refractivity contribution in [1.82, 2.24) is 4.57 Å². The number of ketones is 1. The zero-order valence-corrected chi connectivity index (χ0v) is 21.9. The van der Waals surface area contributed by atoms with Crippen LogP contribution < -0.4 is 24.3 Å². The predicted molar refractivity (Wildman–Crippen MR) is 148 cm³/mol. The topological polar surface area (TPSA) is 71.0 Å². The summed E-state index contributed by atoms with van der Waals surface area (Å²) in [6.07, 6.45) is 8.24. The van der Waals surface area contributed by atoms with Gasteiger partial charge < -0.3 is 28.8 Å². The first-order valence-corrected chi connectivity index (χ1v) is 11.8. The number of ether oxygens (including phenoxy) is 4. The highest BCUT2D eigenvalue weighted by Gasteiger charge is 2.14. The fourth-order valence-corrected chi connectivity index (χ4v) is 4.25. The van der Waals surface area contributed by atoms with Crippen molar-refractivity contribution in [2.75, 3.05) is 33.8 Å². The molecule has 4 rings (SSSR count). The van der Waals surface area contributed by atoms with Gasteiger partial charge in [0.15, 0.2) is 28.8 Å². The quantitative estimate of drug-likeness (QED) is 0.151. The predicted octanol–water partition coefficient (Wildman–Crippen LogP) is 6.33. The van der Waals surface area contributed by atoms with Crippen molar-refractivity contribution in [3.63, 3.8) is 0 Å². The molecule has 0 aliphatic heterocycles. The van der Waals surface area contributed by atoms with E-state index < -0.39 is 5.82 Å². The molecule has 0 bridgehead atoms. The van der Waals surface area contributed by atoms with Crippen molar-refractivity contribution in [2.45, 2.75) is 0 Å². The van der Waals surface area contributed by atoms with Crippen LogP contribution in [-0.2, 0) is 7.05 Å². The molecule has 0 radical (unpaired) electrons. The van der Waals surface area contributed by atoms with Gasteiger partial charge in [-0.3, -0.25) is 4.79 Å². The van der Waals surface area contributed by atoms with E-state index in [1.165, 1.54) is 32.6 Å². The first-order valence-electron chi connectivity index (χ1n) is 11.8. The second-order valence-electron chi connectivity index (χ2n) is 8.39. The third kappa shape index (κ3) is 5.34. The maximum atomic E-state index is 14.9. The number of fused-ring (bicyclic) bond motifs is 1. The fourth-order valence-electron chi connectivity index (χ4n) is 4.25. The summed E-state index contributed by atoms with van der Waals surface area (Å²) in [5, 5.41) is 3.85. The summed E-state index contributed by atoms with van der Waals surface area (Å²) < 4.78 is 38.2. The summed E-state index contributed by atoms with van der Waals surface area (Å²) in [6, 6.07) is 14.4. The van der Waals surface area contributed by atoms with Gasteiger partial charge in [0.05, 0.1) is 34.1 Å². The molecule has 38 heavy (non-hydrogen) atoms. The van der Waals surface area contributed by atoms with Crippen LogP contribution in [0.3, 0.4) is 0 Å². The SMILES string of the molecule is COc1cc(/C=C\c2cc(F)c(OC)c(N/C=C\C(=O)c3cn(C)c4ccccc34)c2)cc(OC)c1OC. The standard InChI is InChI=1S/C30H29FN2O5/c1-33-18-22(21-8-6-7-9-25(21)33)26(34)12-13-32-24-15-19(14-23(31)29(24)37-4)10-11-20-16-27(35-2)30(38-5)28(17-20)36-3/h6-18,32H,1-5H3/b11-10-,13-12-. The molecule has 4 aromatic rings. The Morgan fingerprint density at radius 2 is 1.50 bits per heavy atom. The van der Waals surface area contributed by atoms with Crippen molar-refractivity contribution in [3.05, 3.63) is 89.5 Å². The third-order valence-corrected chi connectivity index (χ3v) is 6.06. The fraction of sp³-hybridized carbons (Fsp3) is 0.167. The van der Waals surface area contributed by atoms with Crippen LogP contribution in [0.15, 0.2) is 67.0 Å². The van der Waals surface area contributed by atoms with E-state index in [9.17, 15) is 9.18 Å². The minimum absolute atomic E-state index is 0.0391. The van der Waals surface area contributed by atoms with E-state index in [0.29, 0.717) is 34.1 Å². The lowest BCUT2D eigenvalue weighted by Crippen LogP contribution is -1.99. The Hall–Kier alpha value is -4.72. The highest BCUT2D eigenvalue weighted by molar-refractivity contribution is 6.13. The van der Waals surface area contributed by atoms with Gasteiger partial charge in [-0.25, -0.2) is 4.39 Å². The van der Waals surface area contributed by atoms with Crippen LogP contribution in [-0.4, -0.2) is 38.8 Å². The lowest BCUT2D eigenvalue weighted by molar-refractivity contribution is 0.104. The van der Waals surface area contributed by atoms with Crippen molar-refractivity contribution in [1.29, 1.82) is 0 Å². The summed E-state index contributed by atoms with van der Waals surface area (Å²) in [4.78, 5) is 12.9. The van der Waals surface area contributed by atoms with Crippen LogP contribution in [0.1, 0.15) is 21.5 Å². The highest BCUT2D eigenvalue weighted by Crippen LogP contribution is 2.39. The van der Waals surface area contributed by atoms with Gasteiger partial charge in [0, 0.05) is 42.0 Å². The number of carbonyl (C=O) groups excluding carboxylic acids is 1. The zero-order chi connectivity index (χ0) is 27.2. The Bertz CT molecular complexity index is 1510. The van der Waals surface area contributed by atoms with Crippen LogP contribution in [0.25, 0.3) is 23.1 Å². The number of aryl methyl sites for hydroxylation is 1. The number of hydrogen-bond donors (Lipinski definition) is 1. The molecule has 0 aliphatic rings. The molecule has 0 aliphatic carbocycles. The lowest BCUT2D eigenvalue weighted by atomic mass is 10.1. The van der Waals surface area contributed by atoms with Gasteiger partial charge in [0.25, 0.3) is 0 Å². The van der Waals surface area contributed by atoms with Gasteiger partial charge in [0.1, 0.15) is 0 Å². The number of rotatable bonds is 10. The number of carbonyl (C=O) groups is 1. The van der Waals surface area contributed by atoms with E-state index >= 15 is 0 Å². The van der Waals surface area contributed by atoms with E-state index in [-0.39, 0.29) is 11.5 Å². The number of nitrogens with one attached hydrogen (secondary N) is 1. The number of allylic oxidation sites excluding steroid dienone is 1. The molecular weight excluding hydrogens is 487 g/mol. The van der Waals surface area contributed by atoms with Crippen LogP contribution in [0.5, 0.6) is 23.0 Å². The molecule has 1 N–H and O–H groups in total. The second-order valence-corrected chi connectivity index (χ2v) is 8.39. The van der Waals surface area contributed by atoms with Gasteiger partial charge in [-0.05, 0) is 41.5 Å². The van der Waals surface area contributed by atoms with Crippen LogP contribution in [0.4, 0.5) is 10.1 Å². The van der Waals surface area contributed by atoms with Crippen molar-refractivity contribution in [3.8, 4) is 23.0 Å². The molecule has 7 nitrogen and oxygen atoms in total.